The third kappa shape index (κ3) is 2.39. The first kappa shape index (κ1) is 14.3. The maximum absolute atomic E-state index is 12.6. The molecule has 2 aromatic rings. The molecule has 21 heavy (non-hydrogen) atoms. The topological polar surface area (TPSA) is 77.8 Å². The fourth-order valence-electron chi connectivity index (χ4n) is 2.55. The number of aliphatic carboxylic acids is 1. The lowest BCUT2D eigenvalue weighted by atomic mass is 10.2. The number of halogens is 1. The first-order valence-electron chi connectivity index (χ1n) is 6.38. The van der Waals surface area contributed by atoms with Gasteiger partial charge in [-0.25, -0.2) is 4.79 Å². The van der Waals surface area contributed by atoms with E-state index in [1.54, 1.807) is 0 Å². The summed E-state index contributed by atoms with van der Waals surface area (Å²) in [5.74, 6) is -1.55. The van der Waals surface area contributed by atoms with E-state index in [9.17, 15) is 19.8 Å². The second kappa shape index (κ2) is 5.29. The van der Waals surface area contributed by atoms with Crippen molar-refractivity contribution in [2.75, 3.05) is 6.54 Å². The molecular weight excluding hydrogens is 314 g/mol. The summed E-state index contributed by atoms with van der Waals surface area (Å²) < 4.78 is 0.873. The fourth-order valence-corrected chi connectivity index (χ4v) is 4.02. The molecule has 0 bridgehead atoms. The van der Waals surface area contributed by atoms with Gasteiger partial charge in [-0.2, -0.15) is 0 Å². The van der Waals surface area contributed by atoms with Crippen LogP contribution < -0.4 is 0 Å². The zero-order valence-corrected chi connectivity index (χ0v) is 12.4. The van der Waals surface area contributed by atoms with Crippen LogP contribution in [0.25, 0.3) is 10.1 Å². The normalized spacial score (nSPS) is 21.9. The van der Waals surface area contributed by atoms with Crippen molar-refractivity contribution >= 4 is 44.9 Å². The smallest absolute Gasteiger partial charge is 0.326 e. The largest absolute Gasteiger partial charge is 0.480 e. The zero-order chi connectivity index (χ0) is 15.1. The summed E-state index contributed by atoms with van der Waals surface area (Å²) in [5.41, 5.74) is 0. The van der Waals surface area contributed by atoms with Crippen LogP contribution in [-0.4, -0.2) is 45.7 Å². The Morgan fingerprint density at radius 3 is 2.71 bits per heavy atom. The van der Waals surface area contributed by atoms with Crippen LogP contribution in [0.1, 0.15) is 16.1 Å². The third-order valence-electron chi connectivity index (χ3n) is 3.55. The number of β-amino-alcohol motifs (C(OH)–C–C–N with tert-alkyl or cyclic N) is 1. The number of likely N-dealkylation sites (tertiary alicyclic amines) is 1. The Labute approximate surface area is 129 Å². The number of hydrogen-bond acceptors (Lipinski definition) is 4. The molecule has 0 aliphatic carbocycles. The highest BCUT2D eigenvalue weighted by Crippen LogP contribution is 2.37. The molecule has 5 nitrogen and oxygen atoms in total. The van der Waals surface area contributed by atoms with E-state index in [1.807, 2.05) is 24.3 Å². The highest BCUT2D eigenvalue weighted by atomic mass is 35.5. The molecule has 1 aliphatic rings. The summed E-state index contributed by atoms with van der Waals surface area (Å²) in [6.07, 6.45) is -0.771. The number of aliphatic hydroxyl groups is 1. The van der Waals surface area contributed by atoms with Crippen LogP contribution in [0.2, 0.25) is 5.02 Å². The van der Waals surface area contributed by atoms with E-state index >= 15 is 0 Å². The minimum Gasteiger partial charge on any atom is -0.480 e. The van der Waals surface area contributed by atoms with Gasteiger partial charge in [-0.15, -0.1) is 11.3 Å². The number of fused-ring (bicyclic) bond motifs is 1. The van der Waals surface area contributed by atoms with Crippen molar-refractivity contribution in [3.63, 3.8) is 0 Å². The monoisotopic (exact) mass is 325 g/mol. The lowest BCUT2D eigenvalue weighted by Gasteiger charge is -2.20. The van der Waals surface area contributed by atoms with Crippen LogP contribution >= 0.6 is 22.9 Å². The van der Waals surface area contributed by atoms with Crippen molar-refractivity contribution in [2.24, 2.45) is 0 Å². The van der Waals surface area contributed by atoms with Gasteiger partial charge in [0.2, 0.25) is 0 Å². The van der Waals surface area contributed by atoms with Gasteiger partial charge in [0.15, 0.2) is 0 Å². The van der Waals surface area contributed by atoms with Crippen molar-refractivity contribution in [3.05, 3.63) is 34.2 Å². The van der Waals surface area contributed by atoms with Crippen LogP contribution in [-0.2, 0) is 4.79 Å². The van der Waals surface area contributed by atoms with E-state index < -0.39 is 24.0 Å². The first-order chi connectivity index (χ1) is 9.99. The second-order valence-electron chi connectivity index (χ2n) is 4.94. The number of benzene rings is 1. The van der Waals surface area contributed by atoms with Crippen LogP contribution in [0.15, 0.2) is 24.3 Å². The van der Waals surface area contributed by atoms with E-state index in [4.69, 9.17) is 11.6 Å². The van der Waals surface area contributed by atoms with E-state index in [0.29, 0.717) is 9.90 Å². The number of thiophene rings is 1. The van der Waals surface area contributed by atoms with E-state index in [2.05, 4.69) is 0 Å². The molecule has 0 unspecified atom stereocenters. The van der Waals surface area contributed by atoms with Crippen molar-refractivity contribution in [1.29, 1.82) is 0 Å². The minimum atomic E-state index is -1.11. The highest BCUT2D eigenvalue weighted by Gasteiger charge is 2.40. The van der Waals surface area contributed by atoms with Gasteiger partial charge in [0.25, 0.3) is 5.91 Å². The Hall–Kier alpha value is -1.63. The predicted octanol–water partition coefficient (Wildman–Crippen LogP) is 2.21. The third-order valence-corrected chi connectivity index (χ3v) is 5.22. The Bertz CT molecular complexity index is 729. The number of carboxylic acid groups (broad SMARTS) is 1. The van der Waals surface area contributed by atoms with E-state index in [-0.39, 0.29) is 13.0 Å². The zero-order valence-electron chi connectivity index (χ0n) is 10.8. The number of amides is 1. The van der Waals surface area contributed by atoms with Crippen molar-refractivity contribution < 1.29 is 19.8 Å². The Kier molecular flexibility index (Phi) is 3.61. The van der Waals surface area contributed by atoms with Gasteiger partial charge >= 0.3 is 5.97 Å². The molecule has 1 fully saturated rings. The molecule has 7 heteroatoms. The maximum Gasteiger partial charge on any atom is 0.326 e. The number of rotatable bonds is 2. The quantitative estimate of drug-likeness (QED) is 0.887. The van der Waals surface area contributed by atoms with Crippen LogP contribution in [0.4, 0.5) is 0 Å². The number of nitrogens with zero attached hydrogens (tertiary/aromatic N) is 1. The molecule has 0 saturated carbocycles. The van der Waals surface area contributed by atoms with Gasteiger partial charge < -0.3 is 15.1 Å². The molecule has 0 spiro atoms. The van der Waals surface area contributed by atoms with Crippen LogP contribution in [0.3, 0.4) is 0 Å². The minimum absolute atomic E-state index is 0.0143. The van der Waals surface area contributed by atoms with Crippen LogP contribution in [0.5, 0.6) is 0 Å². The van der Waals surface area contributed by atoms with E-state index in [0.717, 1.165) is 10.1 Å². The Balaban J connectivity index is 2.00. The number of carboxylic acids is 1. The maximum atomic E-state index is 12.6. The molecule has 2 atom stereocenters. The highest BCUT2D eigenvalue weighted by molar-refractivity contribution is 7.21. The Morgan fingerprint density at radius 1 is 1.33 bits per heavy atom. The van der Waals surface area contributed by atoms with Crippen molar-refractivity contribution in [2.45, 2.75) is 18.6 Å². The summed E-state index contributed by atoms with van der Waals surface area (Å²) in [5, 5.41) is 19.9. The molecule has 1 aromatic carbocycles. The average Bonchev–Trinajstić information content (AvgIpc) is 3.00. The van der Waals surface area contributed by atoms with Crippen molar-refractivity contribution in [1.82, 2.24) is 4.90 Å². The SMILES string of the molecule is O=C(O)[C@H]1C[C@@H](O)CN1C(=O)c1sc2ccccc2c1Cl. The number of carbonyl (C=O) groups is 2. The molecule has 1 amide bonds. The fraction of sp³-hybridized carbons (Fsp3) is 0.286. The number of aliphatic hydroxyl groups excluding tert-OH is 1. The molecule has 1 aromatic heterocycles. The summed E-state index contributed by atoms with van der Waals surface area (Å²) in [6.45, 7) is 0.0143. The number of carbonyl (C=O) groups excluding carboxylic acids is 1. The summed E-state index contributed by atoms with van der Waals surface area (Å²) in [7, 11) is 0. The van der Waals surface area contributed by atoms with Gasteiger partial charge in [-0.05, 0) is 6.07 Å². The molecule has 3 rings (SSSR count). The summed E-state index contributed by atoms with van der Waals surface area (Å²) >= 11 is 7.48. The first-order valence-corrected chi connectivity index (χ1v) is 7.57. The second-order valence-corrected chi connectivity index (χ2v) is 6.37. The average molecular weight is 326 g/mol. The lowest BCUT2D eigenvalue weighted by molar-refractivity contribution is -0.141. The van der Waals surface area contributed by atoms with Gasteiger partial charge in [-0.3, -0.25) is 4.79 Å². The number of hydrogen-bond donors (Lipinski definition) is 2. The molecular formula is C14H12ClNO4S. The van der Waals surface area contributed by atoms with Gasteiger partial charge in [0.1, 0.15) is 10.9 Å². The molecule has 0 radical (unpaired) electrons. The van der Waals surface area contributed by atoms with Crippen molar-refractivity contribution in [3.8, 4) is 0 Å². The summed E-state index contributed by atoms with van der Waals surface area (Å²) in [6, 6.07) is 6.35. The van der Waals surface area contributed by atoms with Crippen LogP contribution in [0, 0.1) is 0 Å². The molecule has 2 heterocycles. The standard InChI is InChI=1S/C14H12ClNO4S/c15-11-8-3-1-2-4-10(8)21-12(11)13(18)16-6-7(17)5-9(16)14(19)20/h1-4,7,9,17H,5-6H2,(H,19,20)/t7-,9-/m1/s1. The predicted molar refractivity (Wildman–Crippen MR) is 79.9 cm³/mol. The van der Waals surface area contributed by atoms with Gasteiger partial charge in [0.05, 0.1) is 11.1 Å². The Morgan fingerprint density at radius 2 is 2.05 bits per heavy atom. The molecule has 110 valence electrons. The molecule has 2 N–H and O–H groups in total. The lowest BCUT2D eigenvalue weighted by Crippen LogP contribution is -2.40. The van der Waals surface area contributed by atoms with Gasteiger partial charge in [-0.1, -0.05) is 29.8 Å². The van der Waals surface area contributed by atoms with E-state index in [1.165, 1.54) is 16.2 Å². The molecule has 1 aliphatic heterocycles. The summed E-state index contributed by atoms with van der Waals surface area (Å²) in [4.78, 5) is 25.3. The van der Waals surface area contributed by atoms with Gasteiger partial charge in [0, 0.05) is 23.1 Å². The molecule has 1 saturated heterocycles.